The first-order valence-corrected chi connectivity index (χ1v) is 12.4. The van der Waals surface area contributed by atoms with Gasteiger partial charge in [-0.05, 0) is 48.2 Å². The Morgan fingerprint density at radius 2 is 1.92 bits per heavy atom. The van der Waals surface area contributed by atoms with Crippen LogP contribution in [-0.2, 0) is 4.79 Å². The van der Waals surface area contributed by atoms with E-state index < -0.39 is 0 Å². The molecular formula is C28H29N5O4. The summed E-state index contributed by atoms with van der Waals surface area (Å²) in [5.74, 6) is 1.31. The molecule has 2 N–H and O–H groups in total. The normalized spacial score (nSPS) is 13.4. The Labute approximate surface area is 214 Å². The highest BCUT2D eigenvalue weighted by Gasteiger charge is 2.19. The molecule has 0 aliphatic carbocycles. The first-order valence-electron chi connectivity index (χ1n) is 12.4. The zero-order valence-electron chi connectivity index (χ0n) is 20.9. The molecule has 0 saturated carbocycles. The van der Waals surface area contributed by atoms with Crippen molar-refractivity contribution in [2.24, 2.45) is 0 Å². The average Bonchev–Trinajstić information content (AvgIpc) is 3.49. The third-order valence-electron chi connectivity index (χ3n) is 6.23. The molecule has 4 aromatic rings. The fourth-order valence-corrected chi connectivity index (χ4v) is 4.17. The fraction of sp³-hybridized carbons (Fsp3) is 0.286. The molecule has 1 fully saturated rings. The van der Waals surface area contributed by atoms with Crippen molar-refractivity contribution >= 4 is 34.6 Å². The number of hydrogen-bond donors (Lipinski definition) is 2. The third kappa shape index (κ3) is 5.88. The smallest absolute Gasteiger partial charge is 0.300 e. The highest BCUT2D eigenvalue weighted by molar-refractivity contribution is 5.92. The molecule has 190 valence electrons. The quantitative estimate of drug-likeness (QED) is 0.324. The van der Waals surface area contributed by atoms with Gasteiger partial charge in [-0.15, -0.1) is 0 Å². The van der Waals surface area contributed by atoms with Crippen molar-refractivity contribution in [3.05, 3.63) is 72.1 Å². The molecule has 1 aliphatic heterocycles. The van der Waals surface area contributed by atoms with Crippen molar-refractivity contribution in [3.8, 4) is 11.5 Å². The Morgan fingerprint density at radius 3 is 2.68 bits per heavy atom. The summed E-state index contributed by atoms with van der Waals surface area (Å²) in [5, 5.41) is 6.01. The van der Waals surface area contributed by atoms with Crippen LogP contribution in [0, 0.1) is 0 Å². The largest absolute Gasteiger partial charge is 0.457 e. The van der Waals surface area contributed by atoms with E-state index in [1.165, 1.54) is 11.8 Å². The van der Waals surface area contributed by atoms with E-state index in [1.54, 1.807) is 35.2 Å². The molecule has 9 nitrogen and oxygen atoms in total. The maximum Gasteiger partial charge on any atom is 0.300 e. The standard InChI is InChI=1S/C28H29N5O4/c1-18(2)19-5-7-20(8-6-19)31-28-32-23-16-21(9-10-25(23)37-28)36-22-11-12-29-24(17-22)27(35)30-13-15-33-14-3-4-26(33)34/h5-12,16-18H,3-4,13-15H2,1-2H3,(H,30,35)(H,31,32). The molecule has 0 unspecified atom stereocenters. The molecule has 0 atom stereocenters. The van der Waals surface area contributed by atoms with Gasteiger partial charge in [0.1, 0.15) is 22.7 Å². The van der Waals surface area contributed by atoms with Gasteiger partial charge in [0, 0.05) is 50.1 Å². The van der Waals surface area contributed by atoms with E-state index in [9.17, 15) is 9.59 Å². The zero-order valence-corrected chi connectivity index (χ0v) is 20.9. The van der Waals surface area contributed by atoms with Gasteiger partial charge in [0.2, 0.25) is 5.91 Å². The number of ether oxygens (including phenoxy) is 1. The number of aromatic nitrogens is 2. The van der Waals surface area contributed by atoms with Crippen molar-refractivity contribution in [3.63, 3.8) is 0 Å². The van der Waals surface area contributed by atoms with E-state index >= 15 is 0 Å². The van der Waals surface area contributed by atoms with Gasteiger partial charge < -0.3 is 24.7 Å². The number of nitrogens with zero attached hydrogens (tertiary/aromatic N) is 3. The van der Waals surface area contributed by atoms with E-state index in [0.717, 1.165) is 18.7 Å². The minimum absolute atomic E-state index is 0.134. The lowest BCUT2D eigenvalue weighted by atomic mass is 10.0. The number of carbonyl (C=O) groups excluding carboxylic acids is 2. The number of likely N-dealkylation sites (tertiary alicyclic amines) is 1. The molecule has 2 aromatic heterocycles. The van der Waals surface area contributed by atoms with Gasteiger partial charge in [-0.2, -0.15) is 4.98 Å². The topological polar surface area (TPSA) is 110 Å². The van der Waals surface area contributed by atoms with Crippen molar-refractivity contribution in [2.75, 3.05) is 25.0 Å². The van der Waals surface area contributed by atoms with Crippen LogP contribution in [0.4, 0.5) is 11.7 Å². The second-order valence-electron chi connectivity index (χ2n) is 9.27. The zero-order chi connectivity index (χ0) is 25.8. The van der Waals surface area contributed by atoms with Gasteiger partial charge in [-0.1, -0.05) is 26.0 Å². The SMILES string of the molecule is CC(C)c1ccc(Nc2nc3cc(Oc4ccnc(C(=O)NCCN5CCCC5=O)c4)ccc3o2)cc1. The van der Waals surface area contributed by atoms with Crippen LogP contribution < -0.4 is 15.4 Å². The fourth-order valence-electron chi connectivity index (χ4n) is 4.17. The summed E-state index contributed by atoms with van der Waals surface area (Å²) in [4.78, 5) is 34.7. The van der Waals surface area contributed by atoms with Gasteiger partial charge in [0.05, 0.1) is 0 Å². The Hall–Kier alpha value is -4.40. The van der Waals surface area contributed by atoms with Crippen LogP contribution in [0.25, 0.3) is 11.1 Å². The van der Waals surface area contributed by atoms with Gasteiger partial charge in [-0.25, -0.2) is 0 Å². The Balaban J connectivity index is 1.21. The van der Waals surface area contributed by atoms with Crippen molar-refractivity contribution in [1.29, 1.82) is 0 Å². The van der Waals surface area contributed by atoms with E-state index in [-0.39, 0.29) is 17.5 Å². The molecule has 3 heterocycles. The van der Waals surface area contributed by atoms with Crippen LogP contribution in [0.5, 0.6) is 11.5 Å². The Bertz CT molecular complexity index is 1410. The van der Waals surface area contributed by atoms with E-state index in [0.29, 0.717) is 54.0 Å². The van der Waals surface area contributed by atoms with Crippen LogP contribution in [0.15, 0.2) is 65.2 Å². The summed E-state index contributed by atoms with van der Waals surface area (Å²) in [5.41, 5.74) is 3.66. The molecule has 9 heteroatoms. The van der Waals surface area contributed by atoms with Gasteiger partial charge >= 0.3 is 0 Å². The highest BCUT2D eigenvalue weighted by atomic mass is 16.5. The lowest BCUT2D eigenvalue weighted by Crippen LogP contribution is -2.35. The molecule has 2 amide bonds. The van der Waals surface area contributed by atoms with Crippen molar-refractivity contribution in [2.45, 2.75) is 32.6 Å². The average molecular weight is 500 g/mol. The summed E-state index contributed by atoms with van der Waals surface area (Å²) in [6.45, 7) is 5.93. The number of carbonyl (C=O) groups is 2. The summed E-state index contributed by atoms with van der Waals surface area (Å²) < 4.78 is 11.8. The molecule has 2 aromatic carbocycles. The molecule has 37 heavy (non-hydrogen) atoms. The number of rotatable bonds is 9. The maximum absolute atomic E-state index is 12.5. The molecule has 0 radical (unpaired) electrons. The lowest BCUT2D eigenvalue weighted by Gasteiger charge is -2.15. The number of fused-ring (bicyclic) bond motifs is 1. The summed E-state index contributed by atoms with van der Waals surface area (Å²) in [6.07, 6.45) is 2.98. The van der Waals surface area contributed by atoms with Crippen LogP contribution in [0.2, 0.25) is 0 Å². The number of nitrogens with one attached hydrogen (secondary N) is 2. The number of benzene rings is 2. The van der Waals surface area contributed by atoms with Gasteiger partial charge in [0.15, 0.2) is 5.58 Å². The molecule has 0 spiro atoms. The molecule has 0 bridgehead atoms. The van der Waals surface area contributed by atoms with Gasteiger partial charge in [0.25, 0.3) is 11.9 Å². The molecule has 1 saturated heterocycles. The third-order valence-corrected chi connectivity index (χ3v) is 6.23. The summed E-state index contributed by atoms with van der Waals surface area (Å²) >= 11 is 0. The minimum Gasteiger partial charge on any atom is -0.457 e. The Kier molecular flexibility index (Phi) is 7.02. The number of amides is 2. The van der Waals surface area contributed by atoms with Crippen LogP contribution in [-0.4, -0.2) is 46.3 Å². The predicted molar refractivity (Wildman–Crippen MR) is 140 cm³/mol. The minimum atomic E-state index is -0.318. The predicted octanol–water partition coefficient (Wildman–Crippen LogP) is 5.23. The van der Waals surface area contributed by atoms with Crippen LogP contribution in [0.1, 0.15) is 48.7 Å². The molecule has 1 aliphatic rings. The van der Waals surface area contributed by atoms with Crippen LogP contribution >= 0.6 is 0 Å². The molecular weight excluding hydrogens is 470 g/mol. The maximum atomic E-state index is 12.5. The first kappa shape index (κ1) is 24.3. The van der Waals surface area contributed by atoms with Crippen LogP contribution in [0.3, 0.4) is 0 Å². The highest BCUT2D eigenvalue weighted by Crippen LogP contribution is 2.29. The first-order chi connectivity index (χ1) is 17.9. The monoisotopic (exact) mass is 499 g/mol. The van der Waals surface area contributed by atoms with E-state index in [4.69, 9.17) is 9.15 Å². The van der Waals surface area contributed by atoms with E-state index in [2.05, 4.69) is 46.6 Å². The number of pyridine rings is 1. The number of hydrogen-bond acceptors (Lipinski definition) is 7. The number of anilines is 2. The van der Waals surface area contributed by atoms with Gasteiger partial charge in [-0.3, -0.25) is 14.6 Å². The molecule has 5 rings (SSSR count). The second kappa shape index (κ2) is 10.7. The van der Waals surface area contributed by atoms with Crippen molar-refractivity contribution < 1.29 is 18.7 Å². The summed E-state index contributed by atoms with van der Waals surface area (Å²) in [7, 11) is 0. The number of oxazole rings is 1. The Morgan fingerprint density at radius 1 is 1.11 bits per heavy atom. The van der Waals surface area contributed by atoms with E-state index in [1.807, 2.05) is 12.1 Å². The lowest BCUT2D eigenvalue weighted by molar-refractivity contribution is -0.127. The second-order valence-corrected chi connectivity index (χ2v) is 9.27. The van der Waals surface area contributed by atoms with Crippen molar-refractivity contribution in [1.82, 2.24) is 20.2 Å². The summed E-state index contributed by atoms with van der Waals surface area (Å²) in [6, 6.07) is 17.2.